The molecule has 0 fully saturated rings. The number of hydrogen-bond donors (Lipinski definition) is 2. The minimum absolute atomic E-state index is 0.0140. The van der Waals surface area contributed by atoms with E-state index in [1.54, 1.807) is 24.1 Å². The number of benzene rings is 1. The number of carbonyl (C=O) groups excluding carboxylic acids is 1. The van der Waals surface area contributed by atoms with Gasteiger partial charge in [0.1, 0.15) is 0 Å². The Kier molecular flexibility index (Phi) is 5.79. The summed E-state index contributed by atoms with van der Waals surface area (Å²) in [6.07, 6.45) is 0.0140. The minimum atomic E-state index is -0.877. The molecule has 0 spiro atoms. The Morgan fingerprint density at radius 1 is 1.42 bits per heavy atom. The van der Waals surface area contributed by atoms with Crippen LogP contribution in [-0.4, -0.2) is 42.0 Å². The summed E-state index contributed by atoms with van der Waals surface area (Å²) in [5, 5.41) is 11.9. The highest BCUT2D eigenvalue weighted by Crippen LogP contribution is 2.19. The van der Waals surface area contributed by atoms with Crippen LogP contribution in [0.3, 0.4) is 0 Å². The molecule has 0 saturated heterocycles. The molecule has 0 aliphatic heterocycles. The van der Waals surface area contributed by atoms with Crippen molar-refractivity contribution < 1.29 is 14.7 Å². The normalized spacial score (nSPS) is 10.5. The second kappa shape index (κ2) is 7.11. The molecule has 1 aromatic carbocycles. The van der Waals surface area contributed by atoms with E-state index in [4.69, 9.17) is 16.7 Å². The average Bonchev–Trinajstić information content (AvgIpc) is 2.31. The smallest absolute Gasteiger partial charge is 0.304 e. The topological polar surface area (TPSA) is 69.6 Å². The van der Waals surface area contributed by atoms with Gasteiger partial charge in [-0.15, -0.1) is 0 Å². The first-order chi connectivity index (χ1) is 8.88. The van der Waals surface area contributed by atoms with Gasteiger partial charge < -0.3 is 10.4 Å². The summed E-state index contributed by atoms with van der Waals surface area (Å²) >= 11 is 5.96. The van der Waals surface area contributed by atoms with Crippen LogP contribution >= 0.6 is 11.6 Å². The van der Waals surface area contributed by atoms with Crippen LogP contribution in [0.1, 0.15) is 12.0 Å². The molecule has 0 unspecified atom stereocenters. The number of anilines is 1. The van der Waals surface area contributed by atoms with Crippen molar-refractivity contribution in [2.24, 2.45) is 0 Å². The van der Waals surface area contributed by atoms with Crippen molar-refractivity contribution in [2.45, 2.75) is 13.3 Å². The van der Waals surface area contributed by atoms with Gasteiger partial charge in [-0.3, -0.25) is 14.5 Å². The van der Waals surface area contributed by atoms with Gasteiger partial charge >= 0.3 is 5.97 Å². The first-order valence-electron chi connectivity index (χ1n) is 5.85. The zero-order chi connectivity index (χ0) is 14.4. The number of nitrogens with one attached hydrogen (secondary N) is 1. The van der Waals surface area contributed by atoms with Crippen LogP contribution in [0.2, 0.25) is 5.02 Å². The number of amides is 1. The van der Waals surface area contributed by atoms with Crippen LogP contribution in [0.15, 0.2) is 18.2 Å². The van der Waals surface area contributed by atoms with Gasteiger partial charge in [0, 0.05) is 17.3 Å². The number of hydrogen-bond acceptors (Lipinski definition) is 3. The maximum atomic E-state index is 11.7. The molecule has 0 radical (unpaired) electrons. The molecule has 5 nitrogen and oxygen atoms in total. The van der Waals surface area contributed by atoms with E-state index in [1.165, 1.54) is 0 Å². The van der Waals surface area contributed by atoms with Crippen molar-refractivity contribution in [3.8, 4) is 0 Å². The van der Waals surface area contributed by atoms with Crippen LogP contribution in [0.4, 0.5) is 5.69 Å². The Labute approximate surface area is 117 Å². The largest absolute Gasteiger partial charge is 0.481 e. The second-order valence-electron chi connectivity index (χ2n) is 4.39. The zero-order valence-electron chi connectivity index (χ0n) is 10.9. The summed E-state index contributed by atoms with van der Waals surface area (Å²) < 4.78 is 0. The Morgan fingerprint density at radius 2 is 2.11 bits per heavy atom. The lowest BCUT2D eigenvalue weighted by Gasteiger charge is -2.15. The Morgan fingerprint density at radius 3 is 2.68 bits per heavy atom. The first-order valence-corrected chi connectivity index (χ1v) is 6.22. The van der Waals surface area contributed by atoms with E-state index in [2.05, 4.69) is 5.32 Å². The van der Waals surface area contributed by atoms with Crippen molar-refractivity contribution in [1.29, 1.82) is 0 Å². The van der Waals surface area contributed by atoms with Gasteiger partial charge in [-0.25, -0.2) is 0 Å². The summed E-state index contributed by atoms with van der Waals surface area (Å²) in [7, 11) is 1.70. The van der Waals surface area contributed by atoms with E-state index < -0.39 is 5.97 Å². The minimum Gasteiger partial charge on any atom is -0.481 e. The summed E-state index contributed by atoms with van der Waals surface area (Å²) in [6, 6.07) is 5.29. The number of nitrogens with zero attached hydrogens (tertiary/aromatic N) is 1. The standard InChI is InChI=1S/C13H17ClN2O3/c1-9-3-4-10(7-11(9)14)15-12(17)8-16(2)6-5-13(18)19/h3-4,7H,5-6,8H2,1-2H3,(H,15,17)(H,18,19). The predicted molar refractivity (Wildman–Crippen MR) is 74.6 cm³/mol. The van der Waals surface area contributed by atoms with Crippen molar-refractivity contribution >= 4 is 29.2 Å². The van der Waals surface area contributed by atoms with Gasteiger partial charge in [-0.2, -0.15) is 0 Å². The lowest BCUT2D eigenvalue weighted by Crippen LogP contribution is -2.31. The molecule has 1 rings (SSSR count). The predicted octanol–water partition coefficient (Wildman–Crippen LogP) is 1.99. The highest BCUT2D eigenvalue weighted by molar-refractivity contribution is 6.31. The molecule has 0 aromatic heterocycles. The van der Waals surface area contributed by atoms with E-state index in [-0.39, 0.29) is 18.9 Å². The van der Waals surface area contributed by atoms with E-state index in [0.29, 0.717) is 17.3 Å². The van der Waals surface area contributed by atoms with E-state index in [9.17, 15) is 9.59 Å². The number of aryl methyl sites for hydroxylation is 1. The van der Waals surface area contributed by atoms with Gasteiger partial charge in [0.15, 0.2) is 0 Å². The fraction of sp³-hybridized carbons (Fsp3) is 0.385. The van der Waals surface area contributed by atoms with Gasteiger partial charge in [0.25, 0.3) is 0 Å². The third kappa shape index (κ3) is 5.72. The van der Waals surface area contributed by atoms with Crippen molar-refractivity contribution in [2.75, 3.05) is 25.5 Å². The maximum Gasteiger partial charge on any atom is 0.304 e. The molecule has 19 heavy (non-hydrogen) atoms. The highest BCUT2D eigenvalue weighted by Gasteiger charge is 2.09. The second-order valence-corrected chi connectivity index (χ2v) is 4.80. The van der Waals surface area contributed by atoms with Crippen molar-refractivity contribution in [3.05, 3.63) is 28.8 Å². The summed E-state index contributed by atoms with van der Waals surface area (Å²) in [4.78, 5) is 23.8. The van der Waals surface area contributed by atoms with E-state index >= 15 is 0 Å². The summed E-state index contributed by atoms with van der Waals surface area (Å²) in [6.45, 7) is 2.35. The molecular formula is C13H17ClN2O3. The van der Waals surface area contributed by atoms with E-state index in [1.807, 2.05) is 13.0 Å². The van der Waals surface area contributed by atoms with Crippen molar-refractivity contribution in [3.63, 3.8) is 0 Å². The lowest BCUT2D eigenvalue weighted by molar-refractivity contribution is -0.137. The van der Waals surface area contributed by atoms with Crippen LogP contribution in [0, 0.1) is 6.92 Å². The van der Waals surface area contributed by atoms with Gasteiger partial charge in [-0.1, -0.05) is 17.7 Å². The third-order valence-electron chi connectivity index (χ3n) is 2.58. The molecule has 0 heterocycles. The summed E-state index contributed by atoms with van der Waals surface area (Å²) in [5.74, 6) is -1.08. The molecule has 1 amide bonds. The zero-order valence-corrected chi connectivity index (χ0v) is 11.7. The number of carboxylic acid groups (broad SMARTS) is 1. The van der Waals surface area contributed by atoms with Crippen molar-refractivity contribution in [1.82, 2.24) is 4.90 Å². The molecule has 0 aliphatic rings. The van der Waals surface area contributed by atoms with Crippen LogP contribution < -0.4 is 5.32 Å². The number of aliphatic carboxylic acids is 1. The number of halogens is 1. The third-order valence-corrected chi connectivity index (χ3v) is 2.98. The molecular weight excluding hydrogens is 268 g/mol. The SMILES string of the molecule is Cc1ccc(NC(=O)CN(C)CCC(=O)O)cc1Cl. The molecule has 0 aliphatic carbocycles. The van der Waals surface area contributed by atoms with Crippen LogP contribution in [-0.2, 0) is 9.59 Å². The number of rotatable bonds is 6. The summed E-state index contributed by atoms with van der Waals surface area (Å²) in [5.41, 5.74) is 1.57. The van der Waals surface area contributed by atoms with Crippen LogP contribution in [0.25, 0.3) is 0 Å². The number of likely N-dealkylation sites (N-methyl/N-ethyl adjacent to an activating group) is 1. The molecule has 104 valence electrons. The fourth-order valence-corrected chi connectivity index (χ4v) is 1.66. The fourth-order valence-electron chi connectivity index (χ4n) is 1.48. The first kappa shape index (κ1) is 15.5. The molecule has 0 atom stereocenters. The lowest BCUT2D eigenvalue weighted by atomic mass is 10.2. The maximum absolute atomic E-state index is 11.7. The quantitative estimate of drug-likeness (QED) is 0.838. The molecule has 6 heteroatoms. The number of carbonyl (C=O) groups is 2. The number of carboxylic acids is 1. The molecule has 2 N–H and O–H groups in total. The molecule has 1 aromatic rings. The van der Waals surface area contributed by atoms with Crippen LogP contribution in [0.5, 0.6) is 0 Å². The highest BCUT2D eigenvalue weighted by atomic mass is 35.5. The van der Waals surface area contributed by atoms with Gasteiger partial charge in [0.05, 0.1) is 13.0 Å². The molecule has 0 bridgehead atoms. The van der Waals surface area contributed by atoms with Gasteiger partial charge in [0.2, 0.25) is 5.91 Å². The Hall–Kier alpha value is -1.59. The Bertz CT molecular complexity index is 477. The van der Waals surface area contributed by atoms with E-state index in [0.717, 1.165) is 5.56 Å². The Balaban J connectivity index is 2.46. The average molecular weight is 285 g/mol. The molecule has 0 saturated carbocycles. The monoisotopic (exact) mass is 284 g/mol. The van der Waals surface area contributed by atoms with Gasteiger partial charge in [-0.05, 0) is 31.7 Å².